The van der Waals surface area contributed by atoms with E-state index >= 15 is 0 Å². The minimum absolute atomic E-state index is 0.706. The van der Waals surface area contributed by atoms with E-state index < -0.39 is 0 Å². The summed E-state index contributed by atoms with van der Waals surface area (Å²) in [5, 5.41) is 3.45. The predicted octanol–water partition coefficient (Wildman–Crippen LogP) is 0.265. The Morgan fingerprint density at radius 1 is 1.54 bits per heavy atom. The average Bonchev–Trinajstić information content (AvgIpc) is 2.08. The Morgan fingerprint density at radius 2 is 2.31 bits per heavy atom. The van der Waals surface area contributed by atoms with Crippen molar-refractivity contribution < 1.29 is 0 Å². The second-order valence-corrected chi connectivity index (χ2v) is 4.31. The molecule has 0 aromatic heterocycles. The molecule has 1 rings (SSSR count). The van der Waals surface area contributed by atoms with Crippen LogP contribution in [-0.2, 0) is 0 Å². The summed E-state index contributed by atoms with van der Waals surface area (Å²) >= 11 is 0. The first-order valence-electron chi connectivity index (χ1n) is 5.39. The van der Waals surface area contributed by atoms with Gasteiger partial charge in [-0.25, -0.2) is 0 Å². The molecule has 13 heavy (non-hydrogen) atoms. The summed E-state index contributed by atoms with van der Waals surface area (Å²) in [5.74, 6) is 0.783. The fraction of sp³-hybridized carbons (Fsp3) is 1.00. The molecule has 0 aliphatic carbocycles. The fourth-order valence-electron chi connectivity index (χ4n) is 2.04. The van der Waals surface area contributed by atoms with Gasteiger partial charge in [0.05, 0.1) is 0 Å². The maximum atomic E-state index is 5.59. The Kier molecular flexibility index (Phi) is 4.70. The van der Waals surface area contributed by atoms with Gasteiger partial charge in [0.1, 0.15) is 0 Å². The molecule has 0 saturated carbocycles. The molecule has 1 fully saturated rings. The van der Waals surface area contributed by atoms with E-state index in [1.165, 1.54) is 6.42 Å². The number of hydrogen-bond acceptors (Lipinski definition) is 3. The second-order valence-electron chi connectivity index (χ2n) is 4.31. The lowest BCUT2D eigenvalue weighted by Gasteiger charge is -2.36. The van der Waals surface area contributed by atoms with Gasteiger partial charge in [0.2, 0.25) is 0 Å². The monoisotopic (exact) mass is 185 g/mol. The Balaban J connectivity index is 2.36. The van der Waals surface area contributed by atoms with Crippen LogP contribution in [0.5, 0.6) is 0 Å². The van der Waals surface area contributed by atoms with Gasteiger partial charge < -0.3 is 11.1 Å². The van der Waals surface area contributed by atoms with Crippen LogP contribution >= 0.6 is 0 Å². The molecule has 0 bridgehead atoms. The molecule has 0 radical (unpaired) electrons. The van der Waals surface area contributed by atoms with Crippen LogP contribution in [0.15, 0.2) is 0 Å². The van der Waals surface area contributed by atoms with Gasteiger partial charge in [0.15, 0.2) is 0 Å². The van der Waals surface area contributed by atoms with E-state index in [0.717, 1.165) is 38.6 Å². The van der Waals surface area contributed by atoms with E-state index in [1.54, 1.807) is 0 Å². The third-order valence-corrected chi connectivity index (χ3v) is 2.63. The molecule has 1 aliphatic heterocycles. The maximum Gasteiger partial charge on any atom is 0.0224 e. The van der Waals surface area contributed by atoms with Crippen LogP contribution in [0.1, 0.15) is 20.3 Å². The topological polar surface area (TPSA) is 41.3 Å². The normalized spacial score (nSPS) is 25.4. The zero-order valence-electron chi connectivity index (χ0n) is 8.92. The zero-order chi connectivity index (χ0) is 9.68. The Labute approximate surface area is 81.7 Å². The van der Waals surface area contributed by atoms with Crippen molar-refractivity contribution in [3.8, 4) is 0 Å². The van der Waals surface area contributed by atoms with Crippen molar-refractivity contribution in [3.63, 3.8) is 0 Å². The number of nitrogens with one attached hydrogen (secondary N) is 1. The lowest BCUT2D eigenvalue weighted by molar-refractivity contribution is 0.146. The quantitative estimate of drug-likeness (QED) is 0.660. The van der Waals surface area contributed by atoms with Gasteiger partial charge in [-0.05, 0) is 12.3 Å². The Hall–Kier alpha value is -0.120. The first-order valence-corrected chi connectivity index (χ1v) is 5.39. The van der Waals surface area contributed by atoms with Crippen molar-refractivity contribution in [2.24, 2.45) is 11.7 Å². The van der Waals surface area contributed by atoms with Gasteiger partial charge in [-0.2, -0.15) is 0 Å². The van der Waals surface area contributed by atoms with Gasteiger partial charge in [-0.1, -0.05) is 13.8 Å². The third kappa shape index (κ3) is 3.63. The molecule has 0 aromatic carbocycles. The van der Waals surface area contributed by atoms with Crippen LogP contribution in [0.3, 0.4) is 0 Å². The molecule has 1 saturated heterocycles. The van der Waals surface area contributed by atoms with Crippen molar-refractivity contribution >= 4 is 0 Å². The summed E-state index contributed by atoms with van der Waals surface area (Å²) in [6, 6.07) is 0.706. The molecule has 3 heteroatoms. The van der Waals surface area contributed by atoms with E-state index in [4.69, 9.17) is 5.73 Å². The highest BCUT2D eigenvalue weighted by atomic mass is 15.2. The first kappa shape index (κ1) is 11.0. The van der Waals surface area contributed by atoms with Crippen molar-refractivity contribution in [2.75, 3.05) is 32.7 Å². The average molecular weight is 185 g/mol. The minimum Gasteiger partial charge on any atom is -0.329 e. The second kappa shape index (κ2) is 5.58. The van der Waals surface area contributed by atoms with Crippen molar-refractivity contribution in [1.29, 1.82) is 0 Å². The minimum atomic E-state index is 0.706. The fourth-order valence-corrected chi connectivity index (χ4v) is 2.04. The molecular weight excluding hydrogens is 162 g/mol. The molecule has 3 N–H and O–H groups in total. The Bertz CT molecular complexity index is 134. The molecule has 0 spiro atoms. The standard InChI is InChI=1S/C10H23N3/c1-9(2)7-10-8-12-4-6-13(10)5-3-11/h9-10,12H,3-8,11H2,1-2H3. The molecule has 0 amide bonds. The number of nitrogens with zero attached hydrogens (tertiary/aromatic N) is 1. The maximum absolute atomic E-state index is 5.59. The molecule has 1 atom stereocenters. The van der Waals surface area contributed by atoms with E-state index in [9.17, 15) is 0 Å². The molecule has 3 nitrogen and oxygen atoms in total. The Morgan fingerprint density at radius 3 is 2.92 bits per heavy atom. The summed E-state index contributed by atoms with van der Waals surface area (Å²) in [4.78, 5) is 2.52. The van der Waals surface area contributed by atoms with Gasteiger partial charge in [0.25, 0.3) is 0 Å². The molecule has 1 aliphatic rings. The van der Waals surface area contributed by atoms with E-state index in [2.05, 4.69) is 24.1 Å². The van der Waals surface area contributed by atoms with E-state index in [0.29, 0.717) is 6.04 Å². The smallest absolute Gasteiger partial charge is 0.0224 e. The van der Waals surface area contributed by atoms with Crippen molar-refractivity contribution in [3.05, 3.63) is 0 Å². The van der Waals surface area contributed by atoms with Crippen LogP contribution in [0, 0.1) is 5.92 Å². The number of nitrogens with two attached hydrogens (primary N) is 1. The first-order chi connectivity index (χ1) is 6.24. The summed E-state index contributed by atoms with van der Waals surface area (Å²) in [5.41, 5.74) is 5.59. The van der Waals surface area contributed by atoms with Gasteiger partial charge in [-0.3, -0.25) is 4.90 Å². The third-order valence-electron chi connectivity index (χ3n) is 2.63. The van der Waals surface area contributed by atoms with Crippen LogP contribution in [0.25, 0.3) is 0 Å². The highest BCUT2D eigenvalue weighted by Gasteiger charge is 2.21. The number of piperazine rings is 1. The molecule has 1 unspecified atom stereocenters. The summed E-state index contributed by atoms with van der Waals surface area (Å²) in [6.45, 7) is 9.83. The molecule has 78 valence electrons. The van der Waals surface area contributed by atoms with E-state index in [-0.39, 0.29) is 0 Å². The highest BCUT2D eigenvalue weighted by molar-refractivity contribution is 4.80. The SMILES string of the molecule is CC(C)CC1CNCCN1CCN. The van der Waals surface area contributed by atoms with Gasteiger partial charge in [0, 0.05) is 38.8 Å². The lowest BCUT2D eigenvalue weighted by atomic mass is 10.0. The molecule has 1 heterocycles. The number of hydrogen-bond donors (Lipinski definition) is 2. The zero-order valence-corrected chi connectivity index (χ0v) is 8.92. The van der Waals surface area contributed by atoms with E-state index in [1.807, 2.05) is 0 Å². The van der Waals surface area contributed by atoms with Crippen LogP contribution < -0.4 is 11.1 Å². The summed E-state index contributed by atoms with van der Waals surface area (Å²) in [6.07, 6.45) is 1.28. The van der Waals surface area contributed by atoms with Crippen LogP contribution in [-0.4, -0.2) is 43.7 Å². The summed E-state index contributed by atoms with van der Waals surface area (Å²) < 4.78 is 0. The van der Waals surface area contributed by atoms with Gasteiger partial charge >= 0.3 is 0 Å². The highest BCUT2D eigenvalue weighted by Crippen LogP contribution is 2.12. The van der Waals surface area contributed by atoms with Crippen LogP contribution in [0.4, 0.5) is 0 Å². The summed E-state index contributed by atoms with van der Waals surface area (Å²) in [7, 11) is 0. The number of rotatable bonds is 4. The van der Waals surface area contributed by atoms with Gasteiger partial charge in [-0.15, -0.1) is 0 Å². The van der Waals surface area contributed by atoms with Crippen molar-refractivity contribution in [1.82, 2.24) is 10.2 Å². The molecular formula is C10H23N3. The lowest BCUT2D eigenvalue weighted by Crippen LogP contribution is -2.52. The molecule has 0 aromatic rings. The van der Waals surface area contributed by atoms with Crippen LogP contribution in [0.2, 0.25) is 0 Å². The van der Waals surface area contributed by atoms with Crippen molar-refractivity contribution in [2.45, 2.75) is 26.3 Å². The largest absolute Gasteiger partial charge is 0.329 e. The predicted molar refractivity (Wildman–Crippen MR) is 56.7 cm³/mol.